The highest BCUT2D eigenvalue weighted by Gasteiger charge is 2.30. The number of benzene rings is 1. The van der Waals surface area contributed by atoms with E-state index in [2.05, 4.69) is 25.1 Å². The van der Waals surface area contributed by atoms with Crippen molar-refractivity contribution in [2.45, 2.75) is 64.2 Å². The lowest BCUT2D eigenvalue weighted by Crippen LogP contribution is -2.24. The van der Waals surface area contributed by atoms with Crippen molar-refractivity contribution in [3.63, 3.8) is 0 Å². The number of hydrogen-bond donors (Lipinski definition) is 0. The minimum atomic E-state index is 0.733. The molecule has 0 aliphatic heterocycles. The normalized spacial score (nSPS) is 33.3. The Morgan fingerprint density at radius 2 is 1.33 bits per heavy atom. The van der Waals surface area contributed by atoms with Gasteiger partial charge in [-0.25, -0.2) is 0 Å². The quantitative estimate of drug-likeness (QED) is 0.686. The molecule has 21 heavy (non-hydrogen) atoms. The molecule has 0 amide bonds. The molecule has 2 aliphatic rings. The Kier molecular flexibility index (Phi) is 4.63. The van der Waals surface area contributed by atoms with Crippen LogP contribution in [0.4, 0.5) is 0 Å². The summed E-state index contributed by atoms with van der Waals surface area (Å²) in [6, 6.07) is 10.5. The van der Waals surface area contributed by atoms with Crippen LogP contribution in [0.25, 0.3) is 0 Å². The number of rotatable bonds is 2. The van der Waals surface area contributed by atoms with Gasteiger partial charge in [-0.2, -0.15) is 5.26 Å². The molecule has 0 unspecified atom stereocenters. The third kappa shape index (κ3) is 3.49. The fourth-order valence-corrected chi connectivity index (χ4v) is 4.51. The average Bonchev–Trinajstić information content (AvgIpc) is 2.56. The Hall–Kier alpha value is -1.29. The first-order valence-electron chi connectivity index (χ1n) is 8.76. The predicted octanol–water partition coefficient (Wildman–Crippen LogP) is 5.66. The van der Waals surface area contributed by atoms with Crippen LogP contribution in [0.5, 0.6) is 0 Å². The van der Waals surface area contributed by atoms with Gasteiger partial charge in [0.2, 0.25) is 0 Å². The van der Waals surface area contributed by atoms with Gasteiger partial charge in [0.25, 0.3) is 0 Å². The van der Waals surface area contributed by atoms with Crippen LogP contribution in [-0.2, 0) is 0 Å². The van der Waals surface area contributed by atoms with Crippen molar-refractivity contribution in [3.8, 4) is 6.07 Å². The van der Waals surface area contributed by atoms with E-state index >= 15 is 0 Å². The topological polar surface area (TPSA) is 23.8 Å². The molecule has 0 aromatic heterocycles. The Balaban J connectivity index is 1.53. The molecule has 2 aliphatic carbocycles. The van der Waals surface area contributed by atoms with E-state index in [9.17, 15) is 0 Å². The molecule has 1 heteroatoms. The van der Waals surface area contributed by atoms with E-state index in [4.69, 9.17) is 5.26 Å². The first-order chi connectivity index (χ1) is 10.3. The monoisotopic (exact) mass is 281 g/mol. The molecule has 0 spiro atoms. The lowest BCUT2D eigenvalue weighted by molar-refractivity contribution is 0.165. The predicted molar refractivity (Wildman–Crippen MR) is 87.0 cm³/mol. The van der Waals surface area contributed by atoms with Gasteiger partial charge in [-0.3, -0.25) is 0 Å². The summed E-state index contributed by atoms with van der Waals surface area (Å²) in [6.07, 6.45) is 11.4. The molecule has 0 atom stereocenters. The Bertz CT molecular complexity index is 480. The fraction of sp³-hybridized carbons (Fsp3) is 0.650. The van der Waals surface area contributed by atoms with Gasteiger partial charge in [-0.05, 0) is 79.9 Å². The van der Waals surface area contributed by atoms with Crippen molar-refractivity contribution >= 4 is 0 Å². The zero-order valence-electron chi connectivity index (χ0n) is 13.2. The maximum absolute atomic E-state index is 8.89. The standard InChI is InChI=1S/C20H27N/c1-15-2-6-17(7-3-15)19-10-12-20(13-11-19)18-8-4-16(14-21)5-9-18/h4-5,8-9,15,17,19-20H,2-3,6-7,10-13H2,1H3/t15-,17-,19-,20-. The summed E-state index contributed by atoms with van der Waals surface area (Å²) >= 11 is 0. The largest absolute Gasteiger partial charge is 0.192 e. The van der Waals surface area contributed by atoms with Crippen LogP contribution < -0.4 is 0 Å². The van der Waals surface area contributed by atoms with Gasteiger partial charge in [0.1, 0.15) is 0 Å². The molecular formula is C20H27N. The van der Waals surface area contributed by atoms with Crippen molar-refractivity contribution in [2.24, 2.45) is 17.8 Å². The zero-order valence-corrected chi connectivity index (χ0v) is 13.2. The number of nitrogens with zero attached hydrogens (tertiary/aromatic N) is 1. The van der Waals surface area contributed by atoms with Crippen LogP contribution in [0.3, 0.4) is 0 Å². The number of hydrogen-bond acceptors (Lipinski definition) is 1. The van der Waals surface area contributed by atoms with E-state index in [0.29, 0.717) is 0 Å². The van der Waals surface area contributed by atoms with Crippen LogP contribution in [0, 0.1) is 29.1 Å². The van der Waals surface area contributed by atoms with E-state index in [1.165, 1.54) is 56.9 Å². The van der Waals surface area contributed by atoms with Crippen molar-refractivity contribution in [1.29, 1.82) is 5.26 Å². The Morgan fingerprint density at radius 3 is 1.86 bits per heavy atom. The van der Waals surface area contributed by atoms with E-state index in [1.807, 2.05) is 12.1 Å². The van der Waals surface area contributed by atoms with Crippen LogP contribution >= 0.6 is 0 Å². The minimum Gasteiger partial charge on any atom is -0.192 e. The van der Waals surface area contributed by atoms with Crippen molar-refractivity contribution in [3.05, 3.63) is 35.4 Å². The highest BCUT2D eigenvalue weighted by atomic mass is 14.4. The van der Waals surface area contributed by atoms with Crippen LogP contribution in [0.2, 0.25) is 0 Å². The summed E-state index contributed by atoms with van der Waals surface area (Å²) < 4.78 is 0. The van der Waals surface area contributed by atoms with Gasteiger partial charge >= 0.3 is 0 Å². The molecule has 0 radical (unpaired) electrons. The highest BCUT2D eigenvalue weighted by molar-refractivity contribution is 5.33. The molecule has 0 saturated heterocycles. The second-order valence-electron chi connectivity index (χ2n) is 7.37. The SMILES string of the molecule is C[C@H]1CC[C@H]([C@H]2CC[C@H](c3ccc(C#N)cc3)CC2)CC1. The van der Waals surface area contributed by atoms with E-state index in [0.717, 1.165) is 29.2 Å². The summed E-state index contributed by atoms with van der Waals surface area (Å²) in [6.45, 7) is 2.41. The summed E-state index contributed by atoms with van der Waals surface area (Å²) in [4.78, 5) is 0. The van der Waals surface area contributed by atoms with E-state index in [-0.39, 0.29) is 0 Å². The molecule has 2 fully saturated rings. The maximum atomic E-state index is 8.89. The third-order valence-electron chi connectivity index (χ3n) is 6.01. The summed E-state index contributed by atoms with van der Waals surface area (Å²) in [5, 5.41) is 8.89. The second-order valence-corrected chi connectivity index (χ2v) is 7.37. The van der Waals surface area contributed by atoms with Crippen LogP contribution in [0.15, 0.2) is 24.3 Å². The lowest BCUT2D eigenvalue weighted by atomic mass is 9.68. The molecule has 0 N–H and O–H groups in total. The molecule has 1 nitrogen and oxygen atoms in total. The smallest absolute Gasteiger partial charge is 0.0991 e. The summed E-state index contributed by atoms with van der Waals surface area (Å²) in [5.74, 6) is 3.71. The van der Waals surface area contributed by atoms with Gasteiger partial charge in [0, 0.05) is 0 Å². The molecule has 3 rings (SSSR count). The summed E-state index contributed by atoms with van der Waals surface area (Å²) in [7, 11) is 0. The van der Waals surface area contributed by atoms with Gasteiger partial charge in [-0.15, -0.1) is 0 Å². The lowest BCUT2D eigenvalue weighted by Gasteiger charge is -2.37. The van der Waals surface area contributed by atoms with E-state index < -0.39 is 0 Å². The summed E-state index contributed by atoms with van der Waals surface area (Å²) in [5.41, 5.74) is 2.23. The molecule has 0 heterocycles. The first-order valence-corrected chi connectivity index (χ1v) is 8.76. The Labute approximate surface area is 129 Å². The van der Waals surface area contributed by atoms with Crippen molar-refractivity contribution in [2.75, 3.05) is 0 Å². The van der Waals surface area contributed by atoms with Crippen LogP contribution in [-0.4, -0.2) is 0 Å². The van der Waals surface area contributed by atoms with Crippen LogP contribution in [0.1, 0.15) is 75.3 Å². The highest BCUT2D eigenvalue weighted by Crippen LogP contribution is 2.43. The van der Waals surface area contributed by atoms with E-state index in [1.54, 1.807) is 0 Å². The van der Waals surface area contributed by atoms with Gasteiger partial charge in [-0.1, -0.05) is 31.9 Å². The molecule has 2 saturated carbocycles. The van der Waals surface area contributed by atoms with Crippen molar-refractivity contribution < 1.29 is 0 Å². The molecular weight excluding hydrogens is 254 g/mol. The van der Waals surface area contributed by atoms with Gasteiger partial charge in [0.05, 0.1) is 11.6 Å². The molecule has 1 aromatic carbocycles. The average molecular weight is 281 g/mol. The minimum absolute atomic E-state index is 0.733. The Morgan fingerprint density at radius 1 is 0.810 bits per heavy atom. The third-order valence-corrected chi connectivity index (χ3v) is 6.01. The van der Waals surface area contributed by atoms with Gasteiger partial charge in [0.15, 0.2) is 0 Å². The van der Waals surface area contributed by atoms with Gasteiger partial charge < -0.3 is 0 Å². The van der Waals surface area contributed by atoms with Crippen molar-refractivity contribution in [1.82, 2.24) is 0 Å². The fourth-order valence-electron chi connectivity index (χ4n) is 4.51. The molecule has 112 valence electrons. The first kappa shape index (κ1) is 14.6. The zero-order chi connectivity index (χ0) is 14.7. The second kappa shape index (κ2) is 6.65. The molecule has 1 aromatic rings. The number of nitriles is 1. The maximum Gasteiger partial charge on any atom is 0.0991 e. The molecule has 0 bridgehead atoms.